The second-order valence-electron chi connectivity index (χ2n) is 3.74. The number of carbonyl (C=O) groups is 1. The van der Waals surface area contributed by atoms with Crippen LogP contribution in [0.25, 0.3) is 0 Å². The zero-order valence-electron chi connectivity index (χ0n) is 12.5. The van der Waals surface area contributed by atoms with E-state index >= 15 is 0 Å². The number of nitrogens with one attached hydrogen (secondary N) is 2. The van der Waals surface area contributed by atoms with Gasteiger partial charge in [0.05, 0.1) is 0 Å². The number of amides is 1. The SMILES string of the molecule is CC.CC.CC(C)(C)OC(=O)NCCCNN. The molecule has 17 heavy (non-hydrogen) atoms. The Balaban J connectivity index is -0.000000439. The molecule has 106 valence electrons. The minimum absolute atomic E-state index is 0.385. The molecule has 0 fully saturated rings. The molecule has 5 heteroatoms. The van der Waals surface area contributed by atoms with E-state index in [1.54, 1.807) is 0 Å². The summed E-state index contributed by atoms with van der Waals surface area (Å²) in [5, 5.41) is 2.62. The molecule has 0 spiro atoms. The second kappa shape index (κ2) is 15.2. The van der Waals surface area contributed by atoms with Gasteiger partial charge in [0.25, 0.3) is 0 Å². The van der Waals surface area contributed by atoms with Gasteiger partial charge in [-0.2, -0.15) is 0 Å². The van der Waals surface area contributed by atoms with E-state index in [0.29, 0.717) is 13.1 Å². The van der Waals surface area contributed by atoms with Gasteiger partial charge in [-0.3, -0.25) is 11.3 Å². The first-order valence-corrected chi connectivity index (χ1v) is 6.36. The first-order chi connectivity index (χ1) is 7.95. The van der Waals surface area contributed by atoms with E-state index in [2.05, 4.69) is 10.7 Å². The molecule has 0 saturated carbocycles. The van der Waals surface area contributed by atoms with Gasteiger partial charge in [-0.1, -0.05) is 27.7 Å². The van der Waals surface area contributed by atoms with Crippen molar-refractivity contribution in [2.24, 2.45) is 5.84 Å². The van der Waals surface area contributed by atoms with Gasteiger partial charge in [0, 0.05) is 13.1 Å². The molecule has 0 radical (unpaired) electrons. The van der Waals surface area contributed by atoms with Crippen molar-refractivity contribution in [3.05, 3.63) is 0 Å². The Bertz CT molecular complexity index is 156. The van der Waals surface area contributed by atoms with E-state index in [1.807, 2.05) is 48.5 Å². The first kappa shape index (κ1) is 21.5. The summed E-state index contributed by atoms with van der Waals surface area (Å²) in [7, 11) is 0. The third-order valence-corrected chi connectivity index (χ3v) is 1.17. The molecule has 0 aromatic carbocycles. The Morgan fingerprint density at radius 3 is 1.94 bits per heavy atom. The lowest BCUT2D eigenvalue weighted by molar-refractivity contribution is 0.0527. The number of nitrogens with two attached hydrogens (primary N) is 1. The van der Waals surface area contributed by atoms with Gasteiger partial charge in [-0.25, -0.2) is 4.79 Å². The van der Waals surface area contributed by atoms with Crippen LogP contribution in [0.1, 0.15) is 54.9 Å². The Hall–Kier alpha value is -0.810. The van der Waals surface area contributed by atoms with E-state index in [-0.39, 0.29) is 6.09 Å². The van der Waals surface area contributed by atoms with Gasteiger partial charge in [0.15, 0.2) is 0 Å². The van der Waals surface area contributed by atoms with Crippen molar-refractivity contribution in [3.63, 3.8) is 0 Å². The van der Waals surface area contributed by atoms with Gasteiger partial charge in [0.2, 0.25) is 0 Å². The van der Waals surface area contributed by atoms with Crippen molar-refractivity contribution in [2.75, 3.05) is 13.1 Å². The van der Waals surface area contributed by atoms with E-state index in [9.17, 15) is 4.79 Å². The van der Waals surface area contributed by atoms with Crippen molar-refractivity contribution < 1.29 is 9.53 Å². The highest BCUT2D eigenvalue weighted by molar-refractivity contribution is 5.67. The zero-order chi connectivity index (χ0) is 14.3. The van der Waals surface area contributed by atoms with E-state index in [1.165, 1.54) is 0 Å². The number of hydrogen-bond acceptors (Lipinski definition) is 4. The summed E-state index contributed by atoms with van der Waals surface area (Å²) in [5.41, 5.74) is 2.06. The molecule has 1 amide bonds. The number of alkyl carbamates (subject to hydrolysis) is 1. The van der Waals surface area contributed by atoms with Crippen LogP contribution in [0, 0.1) is 0 Å². The maximum Gasteiger partial charge on any atom is 0.407 e. The number of rotatable bonds is 4. The maximum absolute atomic E-state index is 11.0. The standard InChI is InChI=1S/C8H19N3O2.2C2H6/c1-8(2,3)13-7(12)10-5-4-6-11-9;2*1-2/h11H,4-6,9H2,1-3H3,(H,10,12);2*1-2H3. The highest BCUT2D eigenvalue weighted by Gasteiger charge is 2.15. The van der Waals surface area contributed by atoms with Gasteiger partial charge >= 0.3 is 6.09 Å². The highest BCUT2D eigenvalue weighted by Crippen LogP contribution is 2.05. The Morgan fingerprint density at radius 1 is 1.12 bits per heavy atom. The van der Waals surface area contributed by atoms with Crippen LogP contribution in [0.15, 0.2) is 0 Å². The summed E-state index contributed by atoms with van der Waals surface area (Å²) in [5.74, 6) is 5.05. The third-order valence-electron chi connectivity index (χ3n) is 1.17. The number of hydrazine groups is 1. The average Bonchev–Trinajstić information content (AvgIpc) is 2.28. The van der Waals surface area contributed by atoms with Gasteiger partial charge < -0.3 is 10.1 Å². The van der Waals surface area contributed by atoms with E-state index < -0.39 is 5.60 Å². The van der Waals surface area contributed by atoms with Crippen molar-refractivity contribution in [1.82, 2.24) is 10.7 Å². The minimum atomic E-state index is -0.434. The minimum Gasteiger partial charge on any atom is -0.444 e. The molecule has 0 saturated heterocycles. The molecular weight excluding hydrogens is 218 g/mol. The molecule has 5 nitrogen and oxygen atoms in total. The fraction of sp³-hybridized carbons (Fsp3) is 0.917. The second-order valence-corrected chi connectivity index (χ2v) is 3.74. The largest absolute Gasteiger partial charge is 0.444 e. The highest BCUT2D eigenvalue weighted by atomic mass is 16.6. The lowest BCUT2D eigenvalue weighted by atomic mass is 10.2. The maximum atomic E-state index is 11.0. The van der Waals surface area contributed by atoms with Crippen molar-refractivity contribution >= 4 is 6.09 Å². The Morgan fingerprint density at radius 2 is 1.59 bits per heavy atom. The smallest absolute Gasteiger partial charge is 0.407 e. The predicted octanol–water partition coefficient (Wildman–Crippen LogP) is 2.42. The lowest BCUT2D eigenvalue weighted by Crippen LogP contribution is -2.34. The Kier molecular flexibility index (Phi) is 19.2. The van der Waals surface area contributed by atoms with Crippen LogP contribution < -0.4 is 16.6 Å². The van der Waals surface area contributed by atoms with E-state index in [0.717, 1.165) is 6.42 Å². The number of ether oxygens (including phenoxy) is 1. The molecule has 0 atom stereocenters. The molecule has 0 aromatic heterocycles. The summed E-state index contributed by atoms with van der Waals surface area (Å²) in [6.45, 7) is 14.7. The molecule has 4 N–H and O–H groups in total. The van der Waals surface area contributed by atoms with Crippen LogP contribution in [-0.2, 0) is 4.74 Å². The number of carbonyl (C=O) groups excluding carboxylic acids is 1. The fourth-order valence-corrected chi connectivity index (χ4v) is 0.695. The topological polar surface area (TPSA) is 76.4 Å². The molecule has 0 unspecified atom stereocenters. The quantitative estimate of drug-likeness (QED) is 0.406. The summed E-state index contributed by atoms with van der Waals surface area (Å²) in [6.07, 6.45) is 0.403. The van der Waals surface area contributed by atoms with Crippen molar-refractivity contribution in [1.29, 1.82) is 0 Å². The molecule has 0 bridgehead atoms. The monoisotopic (exact) mass is 249 g/mol. The predicted molar refractivity (Wildman–Crippen MR) is 73.7 cm³/mol. The summed E-state index contributed by atoms with van der Waals surface area (Å²) >= 11 is 0. The average molecular weight is 249 g/mol. The van der Waals surface area contributed by atoms with Crippen LogP contribution in [0.5, 0.6) is 0 Å². The lowest BCUT2D eigenvalue weighted by Gasteiger charge is -2.19. The van der Waals surface area contributed by atoms with Crippen LogP contribution in [0.4, 0.5) is 4.79 Å². The summed E-state index contributed by atoms with van der Waals surface area (Å²) in [4.78, 5) is 11.0. The molecule has 0 heterocycles. The van der Waals surface area contributed by atoms with Crippen LogP contribution in [0.2, 0.25) is 0 Å². The summed E-state index contributed by atoms with van der Waals surface area (Å²) < 4.78 is 5.02. The first-order valence-electron chi connectivity index (χ1n) is 6.36. The third kappa shape index (κ3) is 25.5. The molecule has 0 aliphatic carbocycles. The normalized spacial score (nSPS) is 9.18. The fourth-order valence-electron chi connectivity index (χ4n) is 0.695. The van der Waals surface area contributed by atoms with Gasteiger partial charge in [-0.15, -0.1) is 0 Å². The molecule has 0 rings (SSSR count). The van der Waals surface area contributed by atoms with E-state index in [4.69, 9.17) is 10.6 Å². The molecule has 0 aromatic rings. The molecule has 0 aliphatic heterocycles. The van der Waals surface area contributed by atoms with Gasteiger partial charge in [0.1, 0.15) is 5.60 Å². The zero-order valence-corrected chi connectivity index (χ0v) is 12.5. The van der Waals surface area contributed by atoms with Crippen LogP contribution in [0.3, 0.4) is 0 Å². The summed E-state index contributed by atoms with van der Waals surface area (Å²) in [6, 6.07) is 0. The number of hydrogen-bond donors (Lipinski definition) is 3. The van der Waals surface area contributed by atoms with Crippen molar-refractivity contribution in [2.45, 2.75) is 60.5 Å². The Labute approximate surface area is 106 Å². The molecule has 0 aliphatic rings. The van der Waals surface area contributed by atoms with Crippen LogP contribution in [-0.4, -0.2) is 24.8 Å². The van der Waals surface area contributed by atoms with Gasteiger partial charge in [-0.05, 0) is 27.2 Å². The van der Waals surface area contributed by atoms with Crippen LogP contribution >= 0.6 is 0 Å². The van der Waals surface area contributed by atoms with Crippen molar-refractivity contribution in [3.8, 4) is 0 Å². The molecular formula is C12H31N3O2.